The Kier molecular flexibility index (Phi) is 5.97. The molecule has 1 aromatic carbocycles. The van der Waals surface area contributed by atoms with E-state index in [1.165, 1.54) is 19.2 Å². The predicted molar refractivity (Wildman–Crippen MR) is 69.2 cm³/mol. The summed E-state index contributed by atoms with van der Waals surface area (Å²) in [6, 6.07) is 4.35. The molecule has 0 saturated carbocycles. The highest BCUT2D eigenvalue weighted by molar-refractivity contribution is 9.09. The van der Waals surface area contributed by atoms with Crippen molar-refractivity contribution >= 4 is 27.5 Å². The number of rotatable bonds is 6. The second kappa shape index (κ2) is 7.27. The van der Waals surface area contributed by atoms with Crippen LogP contribution in [0, 0.1) is 5.82 Å². The molecular formula is C12H15BrFNO2. The van der Waals surface area contributed by atoms with Crippen molar-refractivity contribution in [3.8, 4) is 5.75 Å². The molecule has 0 aliphatic heterocycles. The number of alkyl halides is 1. The van der Waals surface area contributed by atoms with E-state index in [0.29, 0.717) is 12.2 Å². The number of methoxy groups -OCH3 is 1. The van der Waals surface area contributed by atoms with Gasteiger partial charge in [-0.15, -0.1) is 0 Å². The molecule has 0 fully saturated rings. The summed E-state index contributed by atoms with van der Waals surface area (Å²) in [5.74, 6) is -0.229. The Hall–Kier alpha value is -1.10. The van der Waals surface area contributed by atoms with Gasteiger partial charge in [0, 0.05) is 17.8 Å². The first-order valence-corrected chi connectivity index (χ1v) is 6.49. The molecule has 1 N–H and O–H groups in total. The van der Waals surface area contributed by atoms with Gasteiger partial charge in [-0.05, 0) is 25.0 Å². The average Bonchev–Trinajstić information content (AvgIpc) is 2.32. The van der Waals surface area contributed by atoms with Gasteiger partial charge in [0.15, 0.2) is 0 Å². The van der Waals surface area contributed by atoms with Gasteiger partial charge in [-0.3, -0.25) is 4.79 Å². The monoisotopic (exact) mass is 303 g/mol. The quantitative estimate of drug-likeness (QED) is 0.646. The summed E-state index contributed by atoms with van der Waals surface area (Å²) < 4.78 is 18.4. The van der Waals surface area contributed by atoms with Crippen molar-refractivity contribution in [2.45, 2.75) is 19.3 Å². The van der Waals surface area contributed by atoms with Crippen LogP contribution in [0.25, 0.3) is 0 Å². The van der Waals surface area contributed by atoms with Crippen LogP contribution in [0.15, 0.2) is 18.2 Å². The Balaban J connectivity index is 2.53. The van der Waals surface area contributed by atoms with Crippen LogP contribution >= 0.6 is 15.9 Å². The third-order valence-electron chi connectivity index (χ3n) is 2.24. The van der Waals surface area contributed by atoms with E-state index in [9.17, 15) is 9.18 Å². The van der Waals surface area contributed by atoms with Gasteiger partial charge in [-0.2, -0.15) is 0 Å². The fourth-order valence-corrected chi connectivity index (χ4v) is 1.71. The number of halogens is 2. The molecule has 17 heavy (non-hydrogen) atoms. The summed E-state index contributed by atoms with van der Waals surface area (Å²) in [6.07, 6.45) is 2.12. The van der Waals surface area contributed by atoms with Crippen LogP contribution in [0.5, 0.6) is 5.75 Å². The number of hydrogen-bond donors (Lipinski definition) is 1. The molecule has 5 heteroatoms. The van der Waals surface area contributed by atoms with Crippen LogP contribution < -0.4 is 10.1 Å². The lowest BCUT2D eigenvalue weighted by atomic mass is 10.2. The second-order valence-corrected chi connectivity index (χ2v) is 4.33. The summed E-state index contributed by atoms with van der Waals surface area (Å²) >= 11 is 3.29. The van der Waals surface area contributed by atoms with E-state index in [1.807, 2.05) is 0 Å². The van der Waals surface area contributed by atoms with Crippen molar-refractivity contribution in [3.63, 3.8) is 0 Å². The summed E-state index contributed by atoms with van der Waals surface area (Å²) in [5.41, 5.74) is 0.189. The fraction of sp³-hybridized carbons (Fsp3) is 0.417. The Bertz CT molecular complexity index is 385. The van der Waals surface area contributed by atoms with Gasteiger partial charge in [0.25, 0.3) is 0 Å². The van der Waals surface area contributed by atoms with Crippen molar-refractivity contribution in [2.75, 3.05) is 17.8 Å². The molecular weight excluding hydrogens is 289 g/mol. The van der Waals surface area contributed by atoms with Gasteiger partial charge in [-0.25, -0.2) is 4.39 Å². The number of nitrogens with one attached hydrogen (secondary N) is 1. The number of unbranched alkanes of at least 4 members (excludes halogenated alkanes) is 1. The van der Waals surface area contributed by atoms with Gasteiger partial charge in [0.2, 0.25) is 5.91 Å². The molecule has 1 amide bonds. The maximum atomic E-state index is 13.5. The van der Waals surface area contributed by atoms with E-state index in [0.717, 1.165) is 18.2 Å². The van der Waals surface area contributed by atoms with Crippen molar-refractivity contribution in [1.29, 1.82) is 0 Å². The minimum Gasteiger partial charge on any atom is -0.497 e. The maximum absolute atomic E-state index is 13.5. The molecule has 0 heterocycles. The van der Waals surface area contributed by atoms with Crippen molar-refractivity contribution in [3.05, 3.63) is 24.0 Å². The van der Waals surface area contributed by atoms with E-state index in [4.69, 9.17) is 4.74 Å². The fourth-order valence-electron chi connectivity index (χ4n) is 1.32. The van der Waals surface area contributed by atoms with Crippen molar-refractivity contribution in [2.24, 2.45) is 0 Å². The number of amides is 1. The number of ether oxygens (including phenoxy) is 1. The molecule has 0 saturated heterocycles. The molecule has 0 aliphatic rings. The normalized spacial score (nSPS) is 10.1. The van der Waals surface area contributed by atoms with E-state index in [2.05, 4.69) is 21.2 Å². The summed E-state index contributed by atoms with van der Waals surface area (Å²) in [7, 11) is 1.47. The zero-order valence-corrected chi connectivity index (χ0v) is 11.2. The van der Waals surface area contributed by atoms with Gasteiger partial charge in [-0.1, -0.05) is 15.9 Å². The lowest BCUT2D eigenvalue weighted by molar-refractivity contribution is -0.116. The minimum absolute atomic E-state index is 0.171. The number of anilines is 1. The van der Waals surface area contributed by atoms with Crippen LogP contribution in [0.3, 0.4) is 0 Å². The lowest BCUT2D eigenvalue weighted by Crippen LogP contribution is -2.12. The molecule has 0 spiro atoms. The highest BCUT2D eigenvalue weighted by Crippen LogP contribution is 2.20. The summed E-state index contributed by atoms with van der Waals surface area (Å²) in [5, 5.41) is 3.41. The predicted octanol–water partition coefficient (Wildman–Crippen LogP) is 3.34. The third-order valence-corrected chi connectivity index (χ3v) is 2.80. The molecule has 0 aromatic heterocycles. The molecule has 0 unspecified atom stereocenters. The van der Waals surface area contributed by atoms with Crippen LogP contribution in [0.1, 0.15) is 19.3 Å². The number of carbonyl (C=O) groups excluding carboxylic acids is 1. The van der Waals surface area contributed by atoms with E-state index in [-0.39, 0.29) is 11.6 Å². The van der Waals surface area contributed by atoms with E-state index in [1.54, 1.807) is 6.07 Å². The Morgan fingerprint density at radius 1 is 1.47 bits per heavy atom. The number of carbonyl (C=O) groups is 1. The Labute approximate surface area is 108 Å². The van der Waals surface area contributed by atoms with Gasteiger partial charge >= 0.3 is 0 Å². The van der Waals surface area contributed by atoms with E-state index >= 15 is 0 Å². The molecule has 1 aromatic rings. The molecule has 0 aliphatic carbocycles. The molecule has 0 radical (unpaired) electrons. The zero-order valence-electron chi connectivity index (χ0n) is 9.63. The first-order chi connectivity index (χ1) is 8.17. The highest BCUT2D eigenvalue weighted by Gasteiger charge is 2.07. The first-order valence-electron chi connectivity index (χ1n) is 5.36. The molecule has 0 atom stereocenters. The number of benzene rings is 1. The van der Waals surface area contributed by atoms with Crippen molar-refractivity contribution in [1.82, 2.24) is 0 Å². The topological polar surface area (TPSA) is 38.3 Å². The molecule has 94 valence electrons. The average molecular weight is 304 g/mol. The molecule has 3 nitrogen and oxygen atoms in total. The van der Waals surface area contributed by atoms with Gasteiger partial charge in [0.05, 0.1) is 12.8 Å². The van der Waals surface area contributed by atoms with Crippen LogP contribution in [-0.4, -0.2) is 18.3 Å². The Morgan fingerprint density at radius 3 is 2.82 bits per heavy atom. The van der Waals surface area contributed by atoms with Crippen LogP contribution in [-0.2, 0) is 4.79 Å². The standard InChI is InChI=1S/C12H15BrFNO2/c1-17-9-5-6-11(10(14)8-9)15-12(16)4-2-3-7-13/h5-6,8H,2-4,7H2,1H3,(H,15,16). The van der Waals surface area contributed by atoms with Gasteiger partial charge in [0.1, 0.15) is 11.6 Å². The Morgan fingerprint density at radius 2 is 2.24 bits per heavy atom. The number of hydrogen-bond acceptors (Lipinski definition) is 2. The first kappa shape index (κ1) is 14.0. The van der Waals surface area contributed by atoms with Crippen LogP contribution in [0.2, 0.25) is 0 Å². The smallest absolute Gasteiger partial charge is 0.224 e. The molecule has 1 rings (SSSR count). The van der Waals surface area contributed by atoms with Crippen molar-refractivity contribution < 1.29 is 13.9 Å². The van der Waals surface area contributed by atoms with Gasteiger partial charge < -0.3 is 10.1 Å². The largest absolute Gasteiger partial charge is 0.497 e. The maximum Gasteiger partial charge on any atom is 0.224 e. The SMILES string of the molecule is COc1ccc(NC(=O)CCCCBr)c(F)c1. The second-order valence-electron chi connectivity index (χ2n) is 3.54. The summed E-state index contributed by atoms with van der Waals surface area (Å²) in [6.45, 7) is 0. The highest BCUT2D eigenvalue weighted by atomic mass is 79.9. The minimum atomic E-state index is -0.488. The van der Waals surface area contributed by atoms with Crippen LogP contribution in [0.4, 0.5) is 10.1 Å². The zero-order chi connectivity index (χ0) is 12.7. The summed E-state index contributed by atoms with van der Waals surface area (Å²) in [4.78, 5) is 11.5. The third kappa shape index (κ3) is 4.73. The van der Waals surface area contributed by atoms with E-state index < -0.39 is 5.82 Å². The lowest BCUT2D eigenvalue weighted by Gasteiger charge is -2.07. The molecule has 0 bridgehead atoms.